The molecular weight excluding hydrogens is 1160 g/mol. The van der Waals surface area contributed by atoms with Gasteiger partial charge >= 0.3 is 5.97 Å². The highest BCUT2D eigenvalue weighted by Gasteiger charge is 2.44. The summed E-state index contributed by atoms with van der Waals surface area (Å²) in [5.41, 5.74) is 0. The molecule has 548 valence electrons. The van der Waals surface area contributed by atoms with Gasteiger partial charge in [0.05, 0.1) is 32.0 Å². The minimum absolute atomic E-state index is 0.0203. The summed E-state index contributed by atoms with van der Waals surface area (Å²) >= 11 is 0. The Labute approximate surface area is 574 Å². The van der Waals surface area contributed by atoms with E-state index >= 15 is 0 Å². The van der Waals surface area contributed by atoms with E-state index < -0.39 is 49.5 Å². The van der Waals surface area contributed by atoms with Gasteiger partial charge in [0, 0.05) is 12.8 Å². The zero-order valence-electron chi connectivity index (χ0n) is 61.2. The number of hydrogen-bond acceptors (Lipinski definition) is 10. The number of aliphatic hydroxyl groups is 5. The summed E-state index contributed by atoms with van der Waals surface area (Å²) in [7, 11) is 0. The minimum Gasteiger partial charge on any atom is -0.466 e. The molecule has 6 N–H and O–H groups in total. The maximum atomic E-state index is 13.1. The molecule has 11 heteroatoms. The lowest BCUT2D eigenvalue weighted by molar-refractivity contribution is -0.302. The summed E-state index contributed by atoms with van der Waals surface area (Å²) in [6.07, 6.45) is 83.4. The molecule has 7 unspecified atom stereocenters. The number of rotatable bonds is 73. The first-order chi connectivity index (χ1) is 45.7. The number of carbonyl (C=O) groups is 2. The first-order valence-corrected chi connectivity index (χ1v) is 40.8. The van der Waals surface area contributed by atoms with Crippen LogP contribution in [0.2, 0.25) is 0 Å². The minimum atomic E-state index is -1.58. The van der Waals surface area contributed by atoms with Gasteiger partial charge < -0.3 is 45.1 Å². The van der Waals surface area contributed by atoms with Gasteiger partial charge in [0.1, 0.15) is 24.4 Å². The van der Waals surface area contributed by atoms with Crippen molar-refractivity contribution in [2.45, 2.75) is 455 Å². The van der Waals surface area contributed by atoms with Crippen LogP contribution in [0.15, 0.2) is 36.5 Å². The maximum absolute atomic E-state index is 13.1. The van der Waals surface area contributed by atoms with Gasteiger partial charge in [0.15, 0.2) is 6.29 Å². The van der Waals surface area contributed by atoms with E-state index in [1.165, 1.54) is 321 Å². The van der Waals surface area contributed by atoms with Crippen LogP contribution in [0.5, 0.6) is 0 Å². The lowest BCUT2D eigenvalue weighted by atomic mass is 9.99. The van der Waals surface area contributed by atoms with Gasteiger partial charge in [-0.1, -0.05) is 378 Å². The lowest BCUT2D eigenvalue weighted by Gasteiger charge is -2.40. The van der Waals surface area contributed by atoms with Gasteiger partial charge in [-0.2, -0.15) is 0 Å². The molecule has 0 spiro atoms. The Kier molecular flexibility index (Phi) is 68.0. The summed E-state index contributed by atoms with van der Waals surface area (Å²) in [5.74, 6) is -0.169. The SMILES string of the molecule is CCCCC/C=C/CC/C=C/CC/C=C/C(O)C(COC1OC(CO)C(O)C(O)C1O)NC(=O)CCCCCCCCCCCCCCCCCCCCCCCCCCCCCCCCCCCCCCCCCOC(=O)CCCCCCCCCCCCCCC. The van der Waals surface area contributed by atoms with Crippen LogP contribution in [0, 0.1) is 0 Å². The van der Waals surface area contributed by atoms with Gasteiger partial charge in [-0.3, -0.25) is 9.59 Å². The number of allylic oxidation sites excluding steroid dienone is 5. The van der Waals surface area contributed by atoms with E-state index in [1.54, 1.807) is 6.08 Å². The number of carbonyl (C=O) groups excluding carboxylic acids is 2. The highest BCUT2D eigenvalue weighted by Crippen LogP contribution is 2.24. The summed E-state index contributed by atoms with van der Waals surface area (Å²) < 4.78 is 16.8. The molecule has 0 aromatic heterocycles. The van der Waals surface area contributed by atoms with Crippen molar-refractivity contribution in [2.24, 2.45) is 0 Å². The fraction of sp³-hybridized carbons (Fsp3) is 0.902. The average molecular weight is 1320 g/mol. The van der Waals surface area contributed by atoms with Crippen LogP contribution in [0.1, 0.15) is 412 Å². The third-order valence-electron chi connectivity index (χ3n) is 19.5. The molecule has 11 nitrogen and oxygen atoms in total. The van der Waals surface area contributed by atoms with Crippen molar-refractivity contribution in [2.75, 3.05) is 19.8 Å². The van der Waals surface area contributed by atoms with E-state index in [1.807, 2.05) is 6.08 Å². The Hall–Kier alpha value is -2.12. The van der Waals surface area contributed by atoms with E-state index in [-0.39, 0.29) is 18.5 Å². The Morgan fingerprint density at radius 2 is 0.699 bits per heavy atom. The van der Waals surface area contributed by atoms with E-state index in [2.05, 4.69) is 43.5 Å². The van der Waals surface area contributed by atoms with Crippen LogP contribution >= 0.6 is 0 Å². The largest absolute Gasteiger partial charge is 0.466 e. The van der Waals surface area contributed by atoms with Crippen molar-refractivity contribution < 1.29 is 49.3 Å². The monoisotopic (exact) mass is 1310 g/mol. The molecule has 7 atom stereocenters. The first-order valence-electron chi connectivity index (χ1n) is 40.8. The second-order valence-corrected chi connectivity index (χ2v) is 28.5. The van der Waals surface area contributed by atoms with E-state index in [4.69, 9.17) is 14.2 Å². The van der Waals surface area contributed by atoms with Gasteiger partial charge in [0.25, 0.3) is 0 Å². The zero-order valence-corrected chi connectivity index (χ0v) is 61.2. The molecule has 93 heavy (non-hydrogen) atoms. The van der Waals surface area contributed by atoms with Crippen LogP contribution in [-0.2, 0) is 23.8 Å². The van der Waals surface area contributed by atoms with Crippen molar-refractivity contribution in [1.29, 1.82) is 0 Å². The predicted octanol–water partition coefficient (Wildman–Crippen LogP) is 22.1. The quantitative estimate of drug-likeness (QED) is 0.0195. The van der Waals surface area contributed by atoms with Crippen LogP contribution in [0.3, 0.4) is 0 Å². The molecule has 0 radical (unpaired) electrons. The first kappa shape index (κ1) is 88.9. The van der Waals surface area contributed by atoms with Crippen molar-refractivity contribution in [1.82, 2.24) is 5.32 Å². The molecule has 1 aliphatic heterocycles. The maximum Gasteiger partial charge on any atom is 0.305 e. The molecule has 1 aliphatic rings. The highest BCUT2D eigenvalue weighted by atomic mass is 16.7. The van der Waals surface area contributed by atoms with E-state index in [0.29, 0.717) is 19.4 Å². The molecule has 0 bridgehead atoms. The summed E-state index contributed by atoms with van der Waals surface area (Å²) in [5, 5.41) is 54.5. The second kappa shape index (κ2) is 71.2. The van der Waals surface area contributed by atoms with Crippen molar-refractivity contribution in [3.05, 3.63) is 36.5 Å². The third kappa shape index (κ3) is 59.6. The molecule has 1 amide bonds. The van der Waals surface area contributed by atoms with Gasteiger partial charge in [-0.25, -0.2) is 0 Å². The number of nitrogens with one attached hydrogen (secondary N) is 1. The van der Waals surface area contributed by atoms with Gasteiger partial charge in [-0.05, 0) is 57.8 Å². The molecule has 1 fully saturated rings. The summed E-state index contributed by atoms with van der Waals surface area (Å²) in [6, 6.07) is -0.830. The normalized spacial score (nSPS) is 17.6. The number of aliphatic hydroxyl groups excluding tert-OH is 5. The molecular formula is C82H155NO10. The molecule has 1 rings (SSSR count). The van der Waals surface area contributed by atoms with Crippen LogP contribution in [0.25, 0.3) is 0 Å². The Balaban J connectivity index is 1.88. The topological polar surface area (TPSA) is 175 Å². The Morgan fingerprint density at radius 1 is 0.387 bits per heavy atom. The average Bonchev–Trinajstić information content (AvgIpc) is 1.02. The smallest absolute Gasteiger partial charge is 0.305 e. The standard InChI is InChI=1S/C82H155NO10/c1-3-5-7-9-11-13-15-44-48-52-56-60-64-68-75(85)74(73-92-82-81(90)80(89)79(88)76(72-84)93-82)83-77(86)69-65-61-57-53-49-46-42-40-38-36-34-32-30-28-26-24-22-20-18-17-19-21-23-25-27-29-31-33-35-37-39-41-43-47-51-55-59-63-67-71-91-78(87)70-66-62-58-54-50-45-16-14-12-10-8-6-4-2/h11,13,48,52,64,68,74-76,79-82,84-85,88-90H,3-10,12,14-47,49-51,53-63,65-67,69-73H2,1-2H3,(H,83,86)/b13-11+,52-48+,68-64+. The van der Waals surface area contributed by atoms with Gasteiger partial charge in [0.2, 0.25) is 5.91 Å². The number of amides is 1. The fourth-order valence-corrected chi connectivity index (χ4v) is 13.1. The molecule has 0 aromatic carbocycles. The predicted molar refractivity (Wildman–Crippen MR) is 394 cm³/mol. The van der Waals surface area contributed by atoms with Crippen molar-refractivity contribution in [3.63, 3.8) is 0 Å². The molecule has 0 aliphatic carbocycles. The molecule has 0 aromatic rings. The number of hydrogen-bond donors (Lipinski definition) is 6. The van der Waals surface area contributed by atoms with Crippen LogP contribution in [0.4, 0.5) is 0 Å². The molecule has 0 saturated carbocycles. The van der Waals surface area contributed by atoms with E-state index in [0.717, 1.165) is 64.2 Å². The second-order valence-electron chi connectivity index (χ2n) is 28.5. The fourth-order valence-electron chi connectivity index (χ4n) is 13.1. The summed E-state index contributed by atoms with van der Waals surface area (Å²) in [4.78, 5) is 25.1. The number of esters is 1. The number of ether oxygens (including phenoxy) is 3. The number of unbranched alkanes of at least 4 members (excludes halogenated alkanes) is 55. The van der Waals surface area contributed by atoms with Crippen LogP contribution < -0.4 is 5.32 Å². The Morgan fingerprint density at radius 3 is 1.06 bits per heavy atom. The Bertz CT molecular complexity index is 1640. The van der Waals surface area contributed by atoms with Crippen molar-refractivity contribution in [3.8, 4) is 0 Å². The van der Waals surface area contributed by atoms with Gasteiger partial charge in [-0.15, -0.1) is 0 Å². The van der Waals surface area contributed by atoms with Crippen LogP contribution in [-0.4, -0.2) is 100 Å². The lowest BCUT2D eigenvalue weighted by Crippen LogP contribution is -2.60. The summed E-state index contributed by atoms with van der Waals surface area (Å²) in [6.45, 7) is 4.35. The van der Waals surface area contributed by atoms with E-state index in [9.17, 15) is 35.1 Å². The third-order valence-corrected chi connectivity index (χ3v) is 19.5. The zero-order chi connectivity index (χ0) is 67.2. The molecule has 1 saturated heterocycles. The van der Waals surface area contributed by atoms with Crippen molar-refractivity contribution >= 4 is 11.9 Å². The highest BCUT2D eigenvalue weighted by molar-refractivity contribution is 5.76. The molecule has 1 heterocycles.